The molecule has 0 bridgehead atoms. The standard InChI is InChI=1S/C27H21IN2O6S/c1-16-2-9-20(10-3-16)29-24(31)14-30-25(32)23(37-27(30)35)13-18-6-11-22(21(28)12-18)36-15-17-4-7-19(8-5-17)26(33)34/h2-13H,14-15H2,1H3,(H,29,31)(H,33,34). The average molecular weight is 628 g/mol. The van der Waals surface area contributed by atoms with Crippen LogP contribution in [-0.4, -0.2) is 39.6 Å². The summed E-state index contributed by atoms with van der Waals surface area (Å²) >= 11 is 2.91. The van der Waals surface area contributed by atoms with Crippen LogP contribution in [0, 0.1) is 10.5 Å². The smallest absolute Gasteiger partial charge is 0.335 e. The summed E-state index contributed by atoms with van der Waals surface area (Å²) in [6.45, 7) is 1.83. The highest BCUT2D eigenvalue weighted by Gasteiger charge is 2.36. The van der Waals surface area contributed by atoms with Crippen molar-refractivity contribution in [2.45, 2.75) is 13.5 Å². The average Bonchev–Trinajstić information content (AvgIpc) is 3.12. The maximum Gasteiger partial charge on any atom is 0.335 e. The number of anilines is 1. The maximum atomic E-state index is 12.8. The highest BCUT2D eigenvalue weighted by molar-refractivity contribution is 14.1. The summed E-state index contributed by atoms with van der Waals surface area (Å²) in [5.41, 5.74) is 3.38. The summed E-state index contributed by atoms with van der Waals surface area (Å²) in [5, 5.41) is 11.2. The fraction of sp³-hybridized carbons (Fsp3) is 0.111. The number of carboxylic acid groups (broad SMARTS) is 1. The number of amides is 3. The molecule has 1 saturated heterocycles. The highest BCUT2D eigenvalue weighted by atomic mass is 127. The third-order valence-electron chi connectivity index (χ3n) is 5.36. The van der Waals surface area contributed by atoms with E-state index in [0.717, 1.165) is 31.4 Å². The second kappa shape index (κ2) is 11.6. The molecule has 4 rings (SSSR count). The van der Waals surface area contributed by atoms with Gasteiger partial charge in [-0.05, 0) is 94.9 Å². The van der Waals surface area contributed by atoms with E-state index in [1.807, 2.05) is 25.1 Å². The molecular weight excluding hydrogens is 607 g/mol. The first-order chi connectivity index (χ1) is 17.7. The molecule has 1 heterocycles. The number of hydrogen-bond donors (Lipinski definition) is 2. The van der Waals surface area contributed by atoms with Crippen molar-refractivity contribution in [2.75, 3.05) is 11.9 Å². The number of halogens is 1. The summed E-state index contributed by atoms with van der Waals surface area (Å²) in [4.78, 5) is 49.7. The van der Waals surface area contributed by atoms with Gasteiger partial charge in [0.2, 0.25) is 5.91 Å². The lowest BCUT2D eigenvalue weighted by molar-refractivity contribution is -0.127. The molecular formula is C27H21IN2O6S. The summed E-state index contributed by atoms with van der Waals surface area (Å²) < 4.78 is 6.64. The van der Waals surface area contributed by atoms with E-state index in [9.17, 15) is 19.2 Å². The number of thioether (sulfide) groups is 1. The van der Waals surface area contributed by atoms with Gasteiger partial charge in [-0.1, -0.05) is 35.9 Å². The molecule has 188 valence electrons. The van der Waals surface area contributed by atoms with Crippen molar-refractivity contribution >= 4 is 69.1 Å². The number of carbonyl (C=O) groups is 4. The van der Waals surface area contributed by atoms with Gasteiger partial charge in [0.05, 0.1) is 14.0 Å². The Morgan fingerprint density at radius 1 is 1.05 bits per heavy atom. The molecule has 0 atom stereocenters. The summed E-state index contributed by atoms with van der Waals surface area (Å²) in [7, 11) is 0. The van der Waals surface area contributed by atoms with E-state index >= 15 is 0 Å². The number of carboxylic acids is 1. The Morgan fingerprint density at radius 3 is 2.41 bits per heavy atom. The molecule has 0 saturated carbocycles. The van der Waals surface area contributed by atoms with Crippen LogP contribution in [0.3, 0.4) is 0 Å². The molecule has 1 fully saturated rings. The Kier molecular flexibility index (Phi) is 8.29. The predicted octanol–water partition coefficient (Wildman–Crippen LogP) is 5.55. The van der Waals surface area contributed by atoms with E-state index in [1.165, 1.54) is 12.1 Å². The van der Waals surface area contributed by atoms with Gasteiger partial charge in [0.15, 0.2) is 0 Å². The molecule has 0 spiro atoms. The fourth-order valence-electron chi connectivity index (χ4n) is 3.40. The van der Waals surface area contributed by atoms with Crippen LogP contribution < -0.4 is 10.1 Å². The van der Waals surface area contributed by atoms with Crippen molar-refractivity contribution in [3.63, 3.8) is 0 Å². The van der Waals surface area contributed by atoms with Gasteiger partial charge in [0.1, 0.15) is 18.9 Å². The zero-order chi connectivity index (χ0) is 26.5. The van der Waals surface area contributed by atoms with Gasteiger partial charge in [-0.3, -0.25) is 19.3 Å². The van der Waals surface area contributed by atoms with Crippen LogP contribution in [-0.2, 0) is 16.2 Å². The molecule has 0 radical (unpaired) electrons. The van der Waals surface area contributed by atoms with Crippen molar-refractivity contribution in [2.24, 2.45) is 0 Å². The number of imide groups is 1. The number of benzene rings is 3. The van der Waals surface area contributed by atoms with Gasteiger partial charge in [0, 0.05) is 5.69 Å². The van der Waals surface area contributed by atoms with E-state index in [4.69, 9.17) is 9.84 Å². The van der Waals surface area contributed by atoms with Crippen LogP contribution in [0.1, 0.15) is 27.0 Å². The van der Waals surface area contributed by atoms with Crippen molar-refractivity contribution in [1.29, 1.82) is 0 Å². The van der Waals surface area contributed by atoms with Crippen LogP contribution in [0.25, 0.3) is 6.08 Å². The van der Waals surface area contributed by atoms with Crippen LogP contribution in [0.15, 0.2) is 71.6 Å². The monoisotopic (exact) mass is 628 g/mol. The Balaban J connectivity index is 1.37. The molecule has 8 nitrogen and oxygen atoms in total. The SMILES string of the molecule is Cc1ccc(NC(=O)CN2C(=O)SC(=Cc3ccc(OCc4ccc(C(=O)O)cc4)c(I)c3)C2=O)cc1. The summed E-state index contributed by atoms with van der Waals surface area (Å²) in [5.74, 6) is -1.34. The van der Waals surface area contributed by atoms with E-state index in [2.05, 4.69) is 27.9 Å². The maximum absolute atomic E-state index is 12.8. The minimum absolute atomic E-state index is 0.207. The Morgan fingerprint density at radius 2 is 1.76 bits per heavy atom. The largest absolute Gasteiger partial charge is 0.488 e. The third kappa shape index (κ3) is 6.77. The zero-order valence-corrected chi connectivity index (χ0v) is 22.5. The highest BCUT2D eigenvalue weighted by Crippen LogP contribution is 2.33. The van der Waals surface area contributed by atoms with E-state index in [0.29, 0.717) is 17.0 Å². The number of nitrogens with zero attached hydrogens (tertiary/aromatic N) is 1. The summed E-state index contributed by atoms with van der Waals surface area (Å²) in [6, 6.07) is 19.0. The molecule has 10 heteroatoms. The van der Waals surface area contributed by atoms with Crippen LogP contribution in [0.2, 0.25) is 0 Å². The molecule has 2 N–H and O–H groups in total. The second-order valence-corrected chi connectivity index (χ2v) is 10.3. The van der Waals surface area contributed by atoms with Gasteiger partial charge in [-0.2, -0.15) is 0 Å². The number of rotatable bonds is 8. The van der Waals surface area contributed by atoms with Gasteiger partial charge in [0.25, 0.3) is 11.1 Å². The van der Waals surface area contributed by atoms with Crippen LogP contribution in [0.4, 0.5) is 10.5 Å². The van der Waals surface area contributed by atoms with Gasteiger partial charge in [-0.15, -0.1) is 0 Å². The molecule has 3 aromatic rings. The fourth-order valence-corrected chi connectivity index (χ4v) is 4.93. The lowest BCUT2D eigenvalue weighted by Crippen LogP contribution is -2.36. The van der Waals surface area contributed by atoms with E-state index in [1.54, 1.807) is 42.5 Å². The van der Waals surface area contributed by atoms with Crippen LogP contribution >= 0.6 is 34.4 Å². The predicted molar refractivity (Wildman–Crippen MR) is 149 cm³/mol. The molecule has 3 amide bonds. The molecule has 0 aliphatic carbocycles. The Hall–Kier alpha value is -3.64. The zero-order valence-electron chi connectivity index (χ0n) is 19.6. The van der Waals surface area contributed by atoms with Crippen molar-refractivity contribution < 1.29 is 29.0 Å². The first-order valence-corrected chi connectivity index (χ1v) is 13.0. The summed E-state index contributed by atoms with van der Waals surface area (Å²) in [6.07, 6.45) is 1.61. The number of carbonyl (C=O) groups excluding carboxylic acids is 3. The van der Waals surface area contributed by atoms with Crippen molar-refractivity contribution in [1.82, 2.24) is 4.90 Å². The lowest BCUT2D eigenvalue weighted by Gasteiger charge is -2.12. The van der Waals surface area contributed by atoms with Gasteiger partial charge in [-0.25, -0.2) is 4.79 Å². The molecule has 3 aromatic carbocycles. The quantitative estimate of drug-likeness (QED) is 0.249. The second-order valence-electron chi connectivity index (χ2n) is 8.16. The molecule has 37 heavy (non-hydrogen) atoms. The Bertz CT molecular complexity index is 1400. The van der Waals surface area contributed by atoms with Gasteiger partial charge >= 0.3 is 5.97 Å². The number of aromatic carboxylic acids is 1. The topological polar surface area (TPSA) is 113 Å². The minimum Gasteiger partial charge on any atom is -0.488 e. The molecule has 1 aliphatic heterocycles. The normalized spacial score (nSPS) is 14.2. The minimum atomic E-state index is -0.985. The van der Waals surface area contributed by atoms with E-state index < -0.39 is 23.0 Å². The molecule has 0 unspecified atom stereocenters. The lowest BCUT2D eigenvalue weighted by atomic mass is 10.1. The number of ether oxygens (including phenoxy) is 1. The van der Waals surface area contributed by atoms with Crippen LogP contribution in [0.5, 0.6) is 5.75 Å². The number of hydrogen-bond acceptors (Lipinski definition) is 6. The first kappa shape index (κ1) is 26.4. The van der Waals surface area contributed by atoms with Crippen molar-refractivity contribution in [3.05, 3.63) is 97.5 Å². The van der Waals surface area contributed by atoms with Crippen molar-refractivity contribution in [3.8, 4) is 5.75 Å². The molecule has 1 aliphatic rings. The number of nitrogens with one attached hydrogen (secondary N) is 1. The van der Waals surface area contributed by atoms with Gasteiger partial charge < -0.3 is 15.2 Å². The molecule has 0 aromatic heterocycles. The first-order valence-electron chi connectivity index (χ1n) is 11.1. The van der Waals surface area contributed by atoms with E-state index in [-0.39, 0.29) is 23.6 Å². The third-order valence-corrected chi connectivity index (χ3v) is 7.11. The number of aryl methyl sites for hydroxylation is 1. The Labute approximate surface area is 230 Å².